The third-order valence-corrected chi connectivity index (χ3v) is 4.11. The van der Waals surface area contributed by atoms with Crippen LogP contribution in [0, 0.1) is 5.92 Å². The van der Waals surface area contributed by atoms with Crippen LogP contribution in [0.2, 0.25) is 0 Å². The molecule has 3 unspecified atom stereocenters. The van der Waals surface area contributed by atoms with Gasteiger partial charge in [0.15, 0.2) is 0 Å². The molecule has 15 heavy (non-hydrogen) atoms. The zero-order valence-corrected chi connectivity index (χ0v) is 10.7. The summed E-state index contributed by atoms with van der Waals surface area (Å²) in [5.74, 6) is 0.879. The quantitative estimate of drug-likeness (QED) is 0.759. The lowest BCUT2D eigenvalue weighted by atomic mass is 9.84. The van der Waals surface area contributed by atoms with Crippen LogP contribution in [0.3, 0.4) is 0 Å². The van der Waals surface area contributed by atoms with Crippen molar-refractivity contribution in [3.63, 3.8) is 0 Å². The summed E-state index contributed by atoms with van der Waals surface area (Å²) in [6.07, 6.45) is 8.07. The van der Waals surface area contributed by atoms with Crippen molar-refractivity contribution in [2.24, 2.45) is 11.7 Å². The van der Waals surface area contributed by atoms with Crippen LogP contribution < -0.4 is 5.73 Å². The van der Waals surface area contributed by atoms with E-state index in [9.17, 15) is 0 Å². The first kappa shape index (κ1) is 13.0. The molecule has 0 saturated heterocycles. The predicted molar refractivity (Wildman–Crippen MR) is 66.9 cm³/mol. The summed E-state index contributed by atoms with van der Waals surface area (Å²) in [5, 5.41) is 0. The second kappa shape index (κ2) is 6.49. The van der Waals surface area contributed by atoms with Crippen molar-refractivity contribution in [3.8, 4) is 0 Å². The van der Waals surface area contributed by atoms with E-state index < -0.39 is 0 Å². The topological polar surface area (TPSA) is 29.3 Å². The van der Waals surface area contributed by atoms with Crippen molar-refractivity contribution >= 4 is 0 Å². The van der Waals surface area contributed by atoms with Gasteiger partial charge in [0.25, 0.3) is 0 Å². The molecular formula is C13H28N2. The molecule has 90 valence electrons. The van der Waals surface area contributed by atoms with Gasteiger partial charge in [-0.15, -0.1) is 0 Å². The molecular weight excluding hydrogens is 184 g/mol. The molecule has 1 aliphatic rings. The summed E-state index contributed by atoms with van der Waals surface area (Å²) in [4.78, 5) is 2.60. The first-order chi connectivity index (χ1) is 7.16. The van der Waals surface area contributed by atoms with Gasteiger partial charge in [-0.2, -0.15) is 0 Å². The second-order valence-corrected chi connectivity index (χ2v) is 5.27. The van der Waals surface area contributed by atoms with Gasteiger partial charge in [0.2, 0.25) is 0 Å². The van der Waals surface area contributed by atoms with Crippen molar-refractivity contribution in [1.29, 1.82) is 0 Å². The Balaban J connectivity index is 2.39. The highest BCUT2D eigenvalue weighted by Crippen LogP contribution is 2.28. The minimum absolute atomic E-state index is 0.694. The van der Waals surface area contributed by atoms with E-state index in [1.54, 1.807) is 0 Å². The van der Waals surface area contributed by atoms with Crippen molar-refractivity contribution in [2.45, 2.75) is 64.5 Å². The first-order valence-electron chi connectivity index (χ1n) is 6.58. The van der Waals surface area contributed by atoms with Crippen LogP contribution in [0.4, 0.5) is 0 Å². The molecule has 1 aliphatic carbocycles. The molecule has 2 heteroatoms. The Kier molecular flexibility index (Phi) is 5.62. The van der Waals surface area contributed by atoms with Gasteiger partial charge in [0.05, 0.1) is 0 Å². The smallest absolute Gasteiger partial charge is 0.0121 e. The summed E-state index contributed by atoms with van der Waals surface area (Å²) >= 11 is 0. The van der Waals surface area contributed by atoms with E-state index in [1.165, 1.54) is 32.1 Å². The van der Waals surface area contributed by atoms with E-state index in [0.717, 1.165) is 24.9 Å². The normalized spacial score (nSPS) is 29.4. The zero-order chi connectivity index (χ0) is 11.3. The Bertz CT molecular complexity index is 170. The van der Waals surface area contributed by atoms with Gasteiger partial charge in [0, 0.05) is 12.1 Å². The monoisotopic (exact) mass is 212 g/mol. The maximum Gasteiger partial charge on any atom is 0.0121 e. The molecule has 2 nitrogen and oxygen atoms in total. The van der Waals surface area contributed by atoms with Crippen LogP contribution in [0.5, 0.6) is 0 Å². The van der Waals surface area contributed by atoms with E-state index in [2.05, 4.69) is 25.8 Å². The first-order valence-corrected chi connectivity index (χ1v) is 6.58. The van der Waals surface area contributed by atoms with E-state index in [0.29, 0.717) is 6.04 Å². The van der Waals surface area contributed by atoms with Crippen molar-refractivity contribution < 1.29 is 0 Å². The highest BCUT2D eigenvalue weighted by molar-refractivity contribution is 4.81. The molecule has 3 atom stereocenters. The maximum absolute atomic E-state index is 5.56. The Labute approximate surface area is 95.2 Å². The molecule has 0 amide bonds. The SMILES string of the molecule is CC1CCCCC1N(C)C(C)CCCN. The van der Waals surface area contributed by atoms with Crippen LogP contribution in [0.25, 0.3) is 0 Å². The lowest BCUT2D eigenvalue weighted by molar-refractivity contribution is 0.0989. The lowest BCUT2D eigenvalue weighted by Crippen LogP contribution is -2.44. The van der Waals surface area contributed by atoms with E-state index >= 15 is 0 Å². The minimum atomic E-state index is 0.694. The highest BCUT2D eigenvalue weighted by Gasteiger charge is 2.27. The van der Waals surface area contributed by atoms with Gasteiger partial charge in [-0.05, 0) is 52.1 Å². The average molecular weight is 212 g/mol. The minimum Gasteiger partial charge on any atom is -0.330 e. The fourth-order valence-electron chi connectivity index (χ4n) is 2.85. The summed E-state index contributed by atoms with van der Waals surface area (Å²) in [6.45, 7) is 5.59. The van der Waals surface area contributed by atoms with E-state index in [4.69, 9.17) is 5.73 Å². The number of hydrogen-bond donors (Lipinski definition) is 1. The fourth-order valence-corrected chi connectivity index (χ4v) is 2.85. The third-order valence-electron chi connectivity index (χ3n) is 4.11. The largest absolute Gasteiger partial charge is 0.330 e. The summed E-state index contributed by atoms with van der Waals surface area (Å²) in [7, 11) is 2.30. The van der Waals surface area contributed by atoms with E-state index in [-0.39, 0.29) is 0 Å². The van der Waals surface area contributed by atoms with Gasteiger partial charge in [0.1, 0.15) is 0 Å². The molecule has 1 rings (SSSR count). The van der Waals surface area contributed by atoms with Gasteiger partial charge >= 0.3 is 0 Å². The number of nitrogens with zero attached hydrogens (tertiary/aromatic N) is 1. The van der Waals surface area contributed by atoms with Gasteiger partial charge in [-0.3, -0.25) is 0 Å². The van der Waals surface area contributed by atoms with E-state index in [1.807, 2.05) is 0 Å². The van der Waals surface area contributed by atoms with Crippen LogP contribution in [-0.2, 0) is 0 Å². The maximum atomic E-state index is 5.56. The van der Waals surface area contributed by atoms with Crippen LogP contribution in [0.1, 0.15) is 52.4 Å². The Hall–Kier alpha value is -0.0800. The molecule has 1 fully saturated rings. The summed E-state index contributed by atoms with van der Waals surface area (Å²) < 4.78 is 0. The summed E-state index contributed by atoms with van der Waals surface area (Å²) in [5.41, 5.74) is 5.56. The predicted octanol–water partition coefficient (Wildman–Crippen LogP) is 2.62. The zero-order valence-electron chi connectivity index (χ0n) is 10.7. The molecule has 0 bridgehead atoms. The van der Waals surface area contributed by atoms with Gasteiger partial charge in [-0.25, -0.2) is 0 Å². The molecule has 0 heterocycles. The lowest BCUT2D eigenvalue weighted by Gasteiger charge is -2.39. The Morgan fingerprint density at radius 3 is 2.60 bits per heavy atom. The second-order valence-electron chi connectivity index (χ2n) is 5.27. The number of nitrogens with two attached hydrogens (primary N) is 1. The molecule has 0 aromatic carbocycles. The number of rotatable bonds is 5. The third kappa shape index (κ3) is 3.76. The summed E-state index contributed by atoms with van der Waals surface area (Å²) in [6, 6.07) is 1.51. The molecule has 1 saturated carbocycles. The average Bonchev–Trinajstić information content (AvgIpc) is 2.25. The van der Waals surface area contributed by atoms with Crippen LogP contribution in [-0.4, -0.2) is 30.6 Å². The Morgan fingerprint density at radius 1 is 1.33 bits per heavy atom. The molecule has 0 aromatic heterocycles. The molecule has 0 aromatic rings. The van der Waals surface area contributed by atoms with Crippen molar-refractivity contribution in [1.82, 2.24) is 4.90 Å². The van der Waals surface area contributed by atoms with Crippen molar-refractivity contribution in [3.05, 3.63) is 0 Å². The van der Waals surface area contributed by atoms with Gasteiger partial charge < -0.3 is 10.6 Å². The standard InChI is InChI=1S/C13H28N2/c1-11-7-4-5-9-13(11)15(3)12(2)8-6-10-14/h11-13H,4-10,14H2,1-3H3. The highest BCUT2D eigenvalue weighted by atomic mass is 15.2. The molecule has 2 N–H and O–H groups in total. The number of hydrogen-bond acceptors (Lipinski definition) is 2. The van der Waals surface area contributed by atoms with Crippen LogP contribution in [0.15, 0.2) is 0 Å². The van der Waals surface area contributed by atoms with Crippen LogP contribution >= 0.6 is 0 Å². The molecule has 0 aliphatic heterocycles. The van der Waals surface area contributed by atoms with Crippen molar-refractivity contribution in [2.75, 3.05) is 13.6 Å². The van der Waals surface area contributed by atoms with Gasteiger partial charge in [-0.1, -0.05) is 19.8 Å². The Morgan fingerprint density at radius 2 is 2.00 bits per heavy atom. The fraction of sp³-hybridized carbons (Fsp3) is 1.00. The molecule has 0 spiro atoms. The molecule has 0 radical (unpaired) electrons.